The lowest BCUT2D eigenvalue weighted by atomic mass is 10.1. The fraction of sp³-hybridized carbons (Fsp3) is 0.333. The predicted octanol–water partition coefficient (Wildman–Crippen LogP) is 2.15. The molecule has 0 saturated heterocycles. The lowest BCUT2D eigenvalue weighted by molar-refractivity contribution is 0.00998. The molecule has 0 aliphatic carbocycles. The molecule has 0 unspecified atom stereocenters. The van der Waals surface area contributed by atoms with Crippen LogP contribution in [0.3, 0.4) is 0 Å². The molecule has 0 atom stereocenters. The molecule has 4 heteroatoms. The van der Waals surface area contributed by atoms with E-state index in [1.54, 1.807) is 13.4 Å². The molecule has 0 amide bonds. The van der Waals surface area contributed by atoms with E-state index in [4.69, 9.17) is 4.74 Å². The predicted molar refractivity (Wildman–Crippen MR) is 61.4 cm³/mol. The molecular formula is C12H15N3O. The first-order valence-electron chi connectivity index (χ1n) is 5.16. The van der Waals surface area contributed by atoms with Gasteiger partial charge in [-0.25, -0.2) is 0 Å². The minimum Gasteiger partial charge on any atom is -0.371 e. The molecule has 0 fully saturated rings. The van der Waals surface area contributed by atoms with Crippen LogP contribution >= 0.6 is 0 Å². The summed E-state index contributed by atoms with van der Waals surface area (Å²) in [5.74, 6) is 0.793. The van der Waals surface area contributed by atoms with Crippen molar-refractivity contribution in [2.24, 2.45) is 0 Å². The second kappa shape index (κ2) is 4.06. The van der Waals surface area contributed by atoms with Gasteiger partial charge in [0.15, 0.2) is 5.82 Å². The van der Waals surface area contributed by atoms with E-state index in [2.05, 4.69) is 10.2 Å². The molecule has 0 saturated carbocycles. The molecule has 84 valence electrons. The second-order valence-corrected chi connectivity index (χ2v) is 4.07. The van der Waals surface area contributed by atoms with Crippen LogP contribution in [0.4, 0.5) is 0 Å². The Morgan fingerprint density at radius 2 is 1.88 bits per heavy atom. The van der Waals surface area contributed by atoms with E-state index in [1.807, 2.05) is 48.7 Å². The van der Waals surface area contributed by atoms with Crippen molar-refractivity contribution in [3.8, 4) is 5.69 Å². The number of methoxy groups -OCH3 is 1. The van der Waals surface area contributed by atoms with Crippen LogP contribution in [0, 0.1) is 0 Å². The maximum absolute atomic E-state index is 5.42. The Balaban J connectivity index is 2.49. The Morgan fingerprint density at radius 3 is 2.50 bits per heavy atom. The lowest BCUT2D eigenvalue weighted by Crippen LogP contribution is -2.24. The highest BCUT2D eigenvalue weighted by Crippen LogP contribution is 2.23. The summed E-state index contributed by atoms with van der Waals surface area (Å²) < 4.78 is 7.35. The zero-order valence-electron chi connectivity index (χ0n) is 9.71. The molecule has 0 aliphatic heterocycles. The van der Waals surface area contributed by atoms with Crippen molar-refractivity contribution < 1.29 is 4.74 Å². The van der Waals surface area contributed by atoms with Crippen LogP contribution in [0.2, 0.25) is 0 Å². The highest BCUT2D eigenvalue weighted by molar-refractivity contribution is 5.32. The van der Waals surface area contributed by atoms with E-state index in [0.717, 1.165) is 11.5 Å². The number of hydrogen-bond acceptors (Lipinski definition) is 3. The number of rotatable bonds is 3. The van der Waals surface area contributed by atoms with Gasteiger partial charge in [-0.2, -0.15) is 0 Å². The Hall–Kier alpha value is -1.68. The van der Waals surface area contributed by atoms with Crippen LogP contribution in [-0.2, 0) is 10.3 Å². The van der Waals surface area contributed by atoms with Gasteiger partial charge in [-0.3, -0.25) is 4.57 Å². The molecule has 0 N–H and O–H groups in total. The minimum atomic E-state index is -0.452. The largest absolute Gasteiger partial charge is 0.371 e. The van der Waals surface area contributed by atoms with Crippen LogP contribution in [-0.4, -0.2) is 21.9 Å². The summed E-state index contributed by atoms with van der Waals surface area (Å²) in [7, 11) is 1.67. The highest BCUT2D eigenvalue weighted by atomic mass is 16.5. The van der Waals surface area contributed by atoms with Crippen molar-refractivity contribution in [3.05, 3.63) is 42.5 Å². The van der Waals surface area contributed by atoms with Gasteiger partial charge in [-0.1, -0.05) is 18.2 Å². The normalized spacial score (nSPS) is 11.7. The van der Waals surface area contributed by atoms with Gasteiger partial charge >= 0.3 is 0 Å². The van der Waals surface area contributed by atoms with E-state index >= 15 is 0 Å². The molecule has 1 aromatic heterocycles. The maximum Gasteiger partial charge on any atom is 0.169 e. The topological polar surface area (TPSA) is 39.9 Å². The number of aromatic nitrogens is 3. The number of hydrogen-bond donors (Lipinski definition) is 0. The number of nitrogens with zero attached hydrogens (tertiary/aromatic N) is 3. The summed E-state index contributed by atoms with van der Waals surface area (Å²) in [5, 5.41) is 8.07. The molecule has 0 bridgehead atoms. The average molecular weight is 217 g/mol. The third-order valence-electron chi connectivity index (χ3n) is 2.63. The van der Waals surface area contributed by atoms with Gasteiger partial charge in [0.2, 0.25) is 0 Å². The van der Waals surface area contributed by atoms with Crippen LogP contribution in [0.15, 0.2) is 36.7 Å². The van der Waals surface area contributed by atoms with Crippen molar-refractivity contribution in [1.29, 1.82) is 0 Å². The quantitative estimate of drug-likeness (QED) is 0.790. The Kier molecular flexibility index (Phi) is 2.75. The van der Waals surface area contributed by atoms with Crippen molar-refractivity contribution in [2.75, 3.05) is 7.11 Å². The van der Waals surface area contributed by atoms with Crippen LogP contribution in [0.1, 0.15) is 19.7 Å². The van der Waals surface area contributed by atoms with E-state index in [0.29, 0.717) is 0 Å². The summed E-state index contributed by atoms with van der Waals surface area (Å²) in [6.45, 7) is 3.94. The molecular weight excluding hydrogens is 202 g/mol. The Morgan fingerprint density at radius 1 is 1.19 bits per heavy atom. The molecule has 16 heavy (non-hydrogen) atoms. The molecule has 0 spiro atoms. The van der Waals surface area contributed by atoms with Gasteiger partial charge in [0.05, 0.1) is 0 Å². The summed E-state index contributed by atoms with van der Waals surface area (Å²) in [5.41, 5.74) is 0.583. The van der Waals surface area contributed by atoms with E-state index in [1.165, 1.54) is 0 Å². The van der Waals surface area contributed by atoms with E-state index in [9.17, 15) is 0 Å². The molecule has 4 nitrogen and oxygen atoms in total. The first-order valence-corrected chi connectivity index (χ1v) is 5.16. The first kappa shape index (κ1) is 10.8. The van der Waals surface area contributed by atoms with Gasteiger partial charge in [-0.15, -0.1) is 10.2 Å². The zero-order chi connectivity index (χ0) is 11.6. The van der Waals surface area contributed by atoms with E-state index in [-0.39, 0.29) is 0 Å². The van der Waals surface area contributed by atoms with Gasteiger partial charge < -0.3 is 4.74 Å². The fourth-order valence-electron chi connectivity index (χ4n) is 1.51. The molecule has 0 radical (unpaired) electrons. The van der Waals surface area contributed by atoms with Crippen LogP contribution in [0.5, 0.6) is 0 Å². The highest BCUT2D eigenvalue weighted by Gasteiger charge is 2.26. The molecule has 1 aromatic carbocycles. The van der Waals surface area contributed by atoms with Crippen molar-refractivity contribution >= 4 is 0 Å². The monoisotopic (exact) mass is 217 g/mol. The standard InChI is InChI=1S/C12H15N3O/c1-12(2,16-3)11-14-13-9-15(11)10-7-5-4-6-8-10/h4-9H,1-3H3. The fourth-order valence-corrected chi connectivity index (χ4v) is 1.51. The second-order valence-electron chi connectivity index (χ2n) is 4.07. The van der Waals surface area contributed by atoms with Crippen LogP contribution < -0.4 is 0 Å². The lowest BCUT2D eigenvalue weighted by Gasteiger charge is -2.22. The van der Waals surface area contributed by atoms with Crippen LogP contribution in [0.25, 0.3) is 5.69 Å². The van der Waals surface area contributed by atoms with Crippen molar-refractivity contribution in [2.45, 2.75) is 19.4 Å². The molecule has 0 aliphatic rings. The Labute approximate surface area is 94.9 Å². The third-order valence-corrected chi connectivity index (χ3v) is 2.63. The molecule has 2 aromatic rings. The smallest absolute Gasteiger partial charge is 0.169 e. The first-order chi connectivity index (χ1) is 7.65. The number of benzene rings is 1. The maximum atomic E-state index is 5.42. The molecule has 2 rings (SSSR count). The van der Waals surface area contributed by atoms with Gasteiger partial charge in [-0.05, 0) is 26.0 Å². The van der Waals surface area contributed by atoms with Gasteiger partial charge in [0.25, 0.3) is 0 Å². The Bertz CT molecular complexity index is 462. The zero-order valence-corrected chi connectivity index (χ0v) is 9.71. The summed E-state index contributed by atoms with van der Waals surface area (Å²) >= 11 is 0. The van der Waals surface area contributed by atoms with Gasteiger partial charge in [0.1, 0.15) is 11.9 Å². The summed E-state index contributed by atoms with van der Waals surface area (Å²) in [4.78, 5) is 0. The van der Waals surface area contributed by atoms with Gasteiger partial charge in [0, 0.05) is 12.8 Å². The SMILES string of the molecule is COC(C)(C)c1nncn1-c1ccccc1. The third kappa shape index (κ3) is 1.84. The van der Waals surface area contributed by atoms with Crippen molar-refractivity contribution in [1.82, 2.24) is 14.8 Å². The minimum absolute atomic E-state index is 0.452. The van der Waals surface area contributed by atoms with E-state index < -0.39 is 5.60 Å². The average Bonchev–Trinajstić information content (AvgIpc) is 2.80. The number of ether oxygens (including phenoxy) is 1. The molecule has 1 heterocycles. The number of para-hydroxylation sites is 1. The summed E-state index contributed by atoms with van der Waals surface area (Å²) in [6.07, 6.45) is 1.70. The van der Waals surface area contributed by atoms with Crippen molar-refractivity contribution in [3.63, 3.8) is 0 Å². The summed E-state index contributed by atoms with van der Waals surface area (Å²) in [6, 6.07) is 9.98.